The molecule has 0 saturated heterocycles. The van der Waals surface area contributed by atoms with Crippen LogP contribution < -0.4 is 4.74 Å². The van der Waals surface area contributed by atoms with E-state index in [-0.39, 0.29) is 0 Å². The molecule has 0 fully saturated rings. The fourth-order valence-corrected chi connectivity index (χ4v) is 3.66. The molecule has 0 radical (unpaired) electrons. The number of nitrogens with zero attached hydrogens (tertiary/aromatic N) is 2. The lowest BCUT2D eigenvalue weighted by atomic mass is 10.1. The second-order valence-corrected chi connectivity index (χ2v) is 5.98. The van der Waals surface area contributed by atoms with E-state index in [0.29, 0.717) is 6.04 Å². The molecule has 0 aliphatic heterocycles. The van der Waals surface area contributed by atoms with E-state index >= 15 is 0 Å². The van der Waals surface area contributed by atoms with Gasteiger partial charge < -0.3 is 9.30 Å². The topological polar surface area (TPSA) is 27.1 Å². The third kappa shape index (κ3) is 2.85. The van der Waals surface area contributed by atoms with Crippen LogP contribution in [0.25, 0.3) is 10.4 Å². The Hall–Kier alpha value is -2.07. The zero-order valence-corrected chi connectivity index (χ0v) is 13.0. The van der Waals surface area contributed by atoms with Crippen LogP contribution in [0.4, 0.5) is 0 Å². The fourth-order valence-electron chi connectivity index (χ4n) is 2.46. The van der Waals surface area contributed by atoms with Gasteiger partial charge in [-0.25, -0.2) is 4.98 Å². The van der Waals surface area contributed by atoms with E-state index in [2.05, 4.69) is 40.7 Å². The van der Waals surface area contributed by atoms with Crippen LogP contribution in [-0.2, 0) is 0 Å². The van der Waals surface area contributed by atoms with E-state index in [1.54, 1.807) is 7.11 Å². The van der Waals surface area contributed by atoms with Crippen molar-refractivity contribution in [2.75, 3.05) is 7.11 Å². The average molecular weight is 298 g/mol. The Morgan fingerprint density at radius 3 is 2.62 bits per heavy atom. The molecule has 21 heavy (non-hydrogen) atoms. The predicted molar refractivity (Wildman–Crippen MR) is 87.0 cm³/mol. The summed E-state index contributed by atoms with van der Waals surface area (Å²) in [5.41, 5.74) is 1.23. The second-order valence-electron chi connectivity index (χ2n) is 4.86. The number of thiophene rings is 1. The Balaban J connectivity index is 1.88. The summed E-state index contributed by atoms with van der Waals surface area (Å²) in [7, 11) is 1.69. The first-order valence-corrected chi connectivity index (χ1v) is 7.85. The molecule has 0 aliphatic rings. The minimum absolute atomic E-state index is 0.365. The van der Waals surface area contributed by atoms with Gasteiger partial charge in [0.1, 0.15) is 5.75 Å². The van der Waals surface area contributed by atoms with Gasteiger partial charge in [-0.3, -0.25) is 0 Å². The molecule has 1 aromatic carbocycles. The quantitative estimate of drug-likeness (QED) is 0.687. The number of aromatic nitrogens is 2. The molecule has 1 atom stereocenters. The van der Waals surface area contributed by atoms with Crippen LogP contribution in [0.3, 0.4) is 0 Å². The largest absolute Gasteiger partial charge is 0.497 e. The van der Waals surface area contributed by atoms with Gasteiger partial charge in [0.25, 0.3) is 0 Å². The Morgan fingerprint density at radius 2 is 2.00 bits per heavy atom. The lowest BCUT2D eigenvalue weighted by molar-refractivity contribution is 0.415. The zero-order chi connectivity index (χ0) is 14.7. The zero-order valence-electron chi connectivity index (χ0n) is 12.2. The van der Waals surface area contributed by atoms with Crippen molar-refractivity contribution < 1.29 is 4.74 Å². The maximum atomic E-state index is 5.21. The molecule has 3 rings (SSSR count). The van der Waals surface area contributed by atoms with Crippen LogP contribution in [0, 0.1) is 0 Å². The highest BCUT2D eigenvalue weighted by Gasteiger charge is 2.14. The second kappa shape index (κ2) is 6.14. The summed E-state index contributed by atoms with van der Waals surface area (Å²) in [6.07, 6.45) is 6.81. The van der Waals surface area contributed by atoms with Crippen molar-refractivity contribution in [3.05, 3.63) is 60.0 Å². The molecule has 0 amide bonds. The maximum absolute atomic E-state index is 5.21. The number of benzene rings is 1. The van der Waals surface area contributed by atoms with E-state index in [1.165, 1.54) is 15.3 Å². The predicted octanol–water partition coefficient (Wildman–Crippen LogP) is 4.62. The van der Waals surface area contributed by atoms with Gasteiger partial charge in [-0.2, -0.15) is 0 Å². The Kier molecular flexibility index (Phi) is 4.06. The fraction of sp³-hybridized carbons (Fsp3) is 0.235. The normalized spacial score (nSPS) is 12.3. The van der Waals surface area contributed by atoms with E-state index in [0.717, 1.165) is 12.2 Å². The molecule has 1 unspecified atom stereocenters. The molecule has 0 saturated carbocycles. The Bertz CT molecular complexity index is 686. The van der Waals surface area contributed by atoms with Crippen molar-refractivity contribution in [1.29, 1.82) is 0 Å². The van der Waals surface area contributed by atoms with Gasteiger partial charge >= 0.3 is 0 Å². The summed E-state index contributed by atoms with van der Waals surface area (Å²) in [5, 5.41) is 0. The van der Waals surface area contributed by atoms with Crippen molar-refractivity contribution in [2.45, 2.75) is 19.4 Å². The van der Waals surface area contributed by atoms with Crippen molar-refractivity contribution in [1.82, 2.24) is 9.55 Å². The minimum atomic E-state index is 0.365. The summed E-state index contributed by atoms with van der Waals surface area (Å²) >= 11 is 1.84. The third-order valence-electron chi connectivity index (χ3n) is 3.60. The third-order valence-corrected chi connectivity index (χ3v) is 4.84. The van der Waals surface area contributed by atoms with Crippen molar-refractivity contribution in [3.63, 3.8) is 0 Å². The van der Waals surface area contributed by atoms with Crippen LogP contribution in [-0.4, -0.2) is 16.7 Å². The number of hydrogen-bond donors (Lipinski definition) is 0. The molecule has 2 aromatic heterocycles. The van der Waals surface area contributed by atoms with Crippen LogP contribution >= 0.6 is 11.3 Å². The highest BCUT2D eigenvalue weighted by molar-refractivity contribution is 7.15. The van der Waals surface area contributed by atoms with Gasteiger partial charge in [0, 0.05) is 22.1 Å². The number of hydrogen-bond acceptors (Lipinski definition) is 3. The highest BCUT2D eigenvalue weighted by Crippen LogP contribution is 2.34. The van der Waals surface area contributed by atoms with E-state index in [9.17, 15) is 0 Å². The standard InChI is InChI=1S/C17H18N2OS/c1-3-15(19-11-10-18-12-19)17-9-8-16(21-17)13-4-6-14(20-2)7-5-13/h4-12,15H,3H2,1-2H3. The number of ether oxygens (including phenoxy) is 1. The Labute approximate surface area is 128 Å². The molecule has 0 spiro atoms. The van der Waals surface area contributed by atoms with E-state index in [4.69, 9.17) is 4.74 Å². The van der Waals surface area contributed by atoms with Crippen LogP contribution in [0.1, 0.15) is 24.3 Å². The molecule has 0 bridgehead atoms. The summed E-state index contributed by atoms with van der Waals surface area (Å²) in [6, 6.07) is 13.0. The maximum Gasteiger partial charge on any atom is 0.118 e. The Morgan fingerprint density at radius 1 is 1.19 bits per heavy atom. The van der Waals surface area contributed by atoms with Crippen LogP contribution in [0.2, 0.25) is 0 Å². The molecule has 2 heterocycles. The lowest BCUT2D eigenvalue weighted by Crippen LogP contribution is -2.05. The van der Waals surface area contributed by atoms with Gasteiger partial charge in [-0.05, 0) is 48.4 Å². The van der Waals surface area contributed by atoms with Gasteiger partial charge in [-0.15, -0.1) is 11.3 Å². The highest BCUT2D eigenvalue weighted by atomic mass is 32.1. The first kappa shape index (κ1) is 13.9. The molecule has 0 N–H and O–H groups in total. The number of methoxy groups -OCH3 is 1. The lowest BCUT2D eigenvalue weighted by Gasteiger charge is -2.14. The van der Waals surface area contributed by atoms with Gasteiger partial charge in [-0.1, -0.05) is 6.92 Å². The van der Waals surface area contributed by atoms with Gasteiger partial charge in [0.15, 0.2) is 0 Å². The van der Waals surface area contributed by atoms with Crippen LogP contribution in [0.5, 0.6) is 5.75 Å². The SMILES string of the molecule is CCC(c1ccc(-c2ccc(OC)cc2)s1)n1ccnc1. The van der Waals surface area contributed by atoms with Crippen LogP contribution in [0.15, 0.2) is 55.1 Å². The summed E-state index contributed by atoms with van der Waals surface area (Å²) in [4.78, 5) is 6.80. The number of rotatable bonds is 5. The summed E-state index contributed by atoms with van der Waals surface area (Å²) in [6.45, 7) is 2.21. The molecular formula is C17H18N2OS. The number of imidazole rings is 1. The molecule has 4 heteroatoms. The summed E-state index contributed by atoms with van der Waals surface area (Å²) in [5.74, 6) is 0.889. The first-order chi connectivity index (χ1) is 10.3. The summed E-state index contributed by atoms with van der Waals surface area (Å²) < 4.78 is 7.38. The average Bonchev–Trinajstić information content (AvgIpc) is 3.20. The van der Waals surface area contributed by atoms with Crippen molar-refractivity contribution in [3.8, 4) is 16.2 Å². The molecule has 0 aliphatic carbocycles. The van der Waals surface area contributed by atoms with Crippen molar-refractivity contribution in [2.24, 2.45) is 0 Å². The smallest absolute Gasteiger partial charge is 0.118 e. The molecular weight excluding hydrogens is 280 g/mol. The monoisotopic (exact) mass is 298 g/mol. The van der Waals surface area contributed by atoms with Crippen molar-refractivity contribution >= 4 is 11.3 Å². The van der Waals surface area contributed by atoms with E-state index < -0.39 is 0 Å². The molecule has 3 nitrogen and oxygen atoms in total. The molecule has 3 aromatic rings. The van der Waals surface area contributed by atoms with E-state index in [1.807, 2.05) is 42.2 Å². The minimum Gasteiger partial charge on any atom is -0.497 e. The molecule has 108 valence electrons. The van der Waals surface area contributed by atoms with Gasteiger partial charge in [0.2, 0.25) is 0 Å². The van der Waals surface area contributed by atoms with Gasteiger partial charge in [0.05, 0.1) is 19.5 Å². The first-order valence-electron chi connectivity index (χ1n) is 7.03.